The SMILES string of the molecule is CON(C)C(=O)C[C@H]1CCCN1C(=O)OC(C)(C)C. The van der Waals surface area contributed by atoms with E-state index in [9.17, 15) is 9.59 Å². The number of hydrogen-bond donors (Lipinski definition) is 0. The summed E-state index contributed by atoms with van der Waals surface area (Å²) in [5.74, 6) is -0.136. The summed E-state index contributed by atoms with van der Waals surface area (Å²) in [6.45, 7) is 6.14. The molecule has 1 fully saturated rings. The Morgan fingerprint density at radius 2 is 2.00 bits per heavy atom. The molecule has 0 spiro atoms. The molecule has 1 aliphatic heterocycles. The molecule has 19 heavy (non-hydrogen) atoms. The molecule has 0 N–H and O–H groups in total. The van der Waals surface area contributed by atoms with E-state index in [0.29, 0.717) is 6.54 Å². The van der Waals surface area contributed by atoms with E-state index < -0.39 is 5.60 Å². The van der Waals surface area contributed by atoms with Crippen molar-refractivity contribution < 1.29 is 19.2 Å². The number of hydrogen-bond acceptors (Lipinski definition) is 4. The van der Waals surface area contributed by atoms with Crippen LogP contribution in [-0.4, -0.2) is 54.3 Å². The summed E-state index contributed by atoms with van der Waals surface area (Å²) in [5.41, 5.74) is -0.516. The van der Waals surface area contributed by atoms with Crippen molar-refractivity contribution in [2.24, 2.45) is 0 Å². The Labute approximate surface area is 114 Å². The summed E-state index contributed by atoms with van der Waals surface area (Å²) in [5, 5.41) is 1.19. The number of amides is 2. The first kappa shape index (κ1) is 15.8. The van der Waals surface area contributed by atoms with E-state index in [-0.39, 0.29) is 24.5 Å². The van der Waals surface area contributed by atoms with Crippen LogP contribution in [0.15, 0.2) is 0 Å². The fraction of sp³-hybridized carbons (Fsp3) is 0.846. The zero-order valence-corrected chi connectivity index (χ0v) is 12.4. The Morgan fingerprint density at radius 3 is 2.53 bits per heavy atom. The summed E-state index contributed by atoms with van der Waals surface area (Å²) in [6, 6.07) is -0.0973. The van der Waals surface area contributed by atoms with E-state index >= 15 is 0 Å². The van der Waals surface area contributed by atoms with Gasteiger partial charge in [0.05, 0.1) is 7.11 Å². The Morgan fingerprint density at radius 1 is 1.37 bits per heavy atom. The van der Waals surface area contributed by atoms with Crippen LogP contribution in [0.25, 0.3) is 0 Å². The monoisotopic (exact) mass is 272 g/mol. The molecule has 6 nitrogen and oxygen atoms in total. The van der Waals surface area contributed by atoms with E-state index in [4.69, 9.17) is 9.57 Å². The van der Waals surface area contributed by atoms with Crippen LogP contribution in [0.4, 0.5) is 4.79 Å². The quantitative estimate of drug-likeness (QED) is 0.735. The van der Waals surface area contributed by atoms with Crippen molar-refractivity contribution >= 4 is 12.0 Å². The first-order valence-corrected chi connectivity index (χ1v) is 6.55. The summed E-state index contributed by atoms with van der Waals surface area (Å²) in [4.78, 5) is 30.3. The smallest absolute Gasteiger partial charge is 0.410 e. The molecule has 1 heterocycles. The summed E-state index contributed by atoms with van der Waals surface area (Å²) < 4.78 is 5.35. The van der Waals surface area contributed by atoms with Gasteiger partial charge in [0.2, 0.25) is 5.91 Å². The summed E-state index contributed by atoms with van der Waals surface area (Å²) >= 11 is 0. The lowest BCUT2D eigenvalue weighted by Crippen LogP contribution is -2.42. The maximum Gasteiger partial charge on any atom is 0.410 e. The first-order chi connectivity index (χ1) is 8.74. The third-order valence-electron chi connectivity index (χ3n) is 3.04. The molecule has 0 radical (unpaired) electrons. The standard InChI is InChI=1S/C13H24N2O4/c1-13(2,3)19-12(17)15-8-6-7-10(15)9-11(16)14(4)18-5/h10H,6-9H2,1-5H3/t10-/m1/s1. The van der Waals surface area contributed by atoms with Crippen LogP contribution in [-0.2, 0) is 14.4 Å². The lowest BCUT2D eigenvalue weighted by molar-refractivity contribution is -0.169. The third kappa shape index (κ3) is 4.70. The number of rotatable bonds is 3. The molecule has 0 saturated carbocycles. The highest BCUT2D eigenvalue weighted by Gasteiger charge is 2.33. The van der Waals surface area contributed by atoms with E-state index in [1.165, 1.54) is 12.2 Å². The van der Waals surface area contributed by atoms with Gasteiger partial charge in [0.25, 0.3) is 0 Å². The van der Waals surface area contributed by atoms with Crippen molar-refractivity contribution in [1.82, 2.24) is 9.96 Å². The van der Waals surface area contributed by atoms with E-state index in [2.05, 4.69) is 0 Å². The number of carbonyl (C=O) groups excluding carboxylic acids is 2. The molecule has 0 unspecified atom stereocenters. The third-order valence-corrected chi connectivity index (χ3v) is 3.04. The van der Waals surface area contributed by atoms with Gasteiger partial charge in [-0.2, -0.15) is 0 Å². The zero-order valence-electron chi connectivity index (χ0n) is 12.4. The van der Waals surface area contributed by atoms with Crippen LogP contribution in [0.2, 0.25) is 0 Å². The predicted molar refractivity (Wildman–Crippen MR) is 70.4 cm³/mol. The minimum Gasteiger partial charge on any atom is -0.444 e. The Kier molecular flexibility index (Phi) is 5.17. The maximum atomic E-state index is 12.0. The fourth-order valence-corrected chi connectivity index (χ4v) is 2.04. The highest BCUT2D eigenvalue weighted by molar-refractivity contribution is 5.77. The van der Waals surface area contributed by atoms with Gasteiger partial charge in [0.15, 0.2) is 0 Å². The van der Waals surface area contributed by atoms with Crippen LogP contribution in [0, 0.1) is 0 Å². The molecule has 0 aromatic heterocycles. The van der Waals surface area contributed by atoms with E-state index in [0.717, 1.165) is 12.8 Å². The van der Waals surface area contributed by atoms with Gasteiger partial charge in [-0.05, 0) is 33.6 Å². The predicted octanol–water partition coefficient (Wildman–Crippen LogP) is 1.80. The van der Waals surface area contributed by atoms with Crippen molar-refractivity contribution in [3.8, 4) is 0 Å². The molecule has 0 aliphatic carbocycles. The van der Waals surface area contributed by atoms with Gasteiger partial charge in [0.1, 0.15) is 5.60 Å². The van der Waals surface area contributed by atoms with Crippen LogP contribution in [0.1, 0.15) is 40.0 Å². The minimum absolute atomic E-state index is 0.0973. The van der Waals surface area contributed by atoms with Crippen LogP contribution >= 0.6 is 0 Å². The molecule has 1 rings (SSSR count). The van der Waals surface area contributed by atoms with Crippen molar-refractivity contribution in [2.75, 3.05) is 20.7 Å². The second-order valence-electron chi connectivity index (χ2n) is 5.75. The van der Waals surface area contributed by atoms with E-state index in [1.807, 2.05) is 20.8 Å². The number of ether oxygens (including phenoxy) is 1. The van der Waals surface area contributed by atoms with Gasteiger partial charge >= 0.3 is 6.09 Å². The topological polar surface area (TPSA) is 59.1 Å². The molecule has 0 aromatic rings. The first-order valence-electron chi connectivity index (χ1n) is 6.55. The summed E-state index contributed by atoms with van der Waals surface area (Å²) in [6.07, 6.45) is 1.64. The number of carbonyl (C=O) groups is 2. The van der Waals surface area contributed by atoms with Gasteiger partial charge in [0, 0.05) is 26.1 Å². The Bertz CT molecular complexity index is 338. The molecule has 110 valence electrons. The lowest BCUT2D eigenvalue weighted by Gasteiger charge is -2.29. The second kappa shape index (κ2) is 6.23. The van der Waals surface area contributed by atoms with E-state index in [1.54, 1.807) is 11.9 Å². The highest BCUT2D eigenvalue weighted by Crippen LogP contribution is 2.23. The van der Waals surface area contributed by atoms with Gasteiger partial charge in [-0.25, -0.2) is 9.86 Å². The molecule has 6 heteroatoms. The van der Waals surface area contributed by atoms with Crippen LogP contribution < -0.4 is 0 Å². The van der Waals surface area contributed by atoms with Crippen LogP contribution in [0.3, 0.4) is 0 Å². The largest absolute Gasteiger partial charge is 0.444 e. The molecular formula is C13H24N2O4. The molecule has 0 bridgehead atoms. The highest BCUT2D eigenvalue weighted by atomic mass is 16.7. The number of likely N-dealkylation sites (tertiary alicyclic amines) is 1. The maximum absolute atomic E-state index is 12.0. The molecule has 0 aromatic carbocycles. The van der Waals surface area contributed by atoms with Gasteiger partial charge < -0.3 is 9.64 Å². The Hall–Kier alpha value is -1.30. The molecule has 1 aliphatic rings. The lowest BCUT2D eigenvalue weighted by atomic mass is 10.1. The van der Waals surface area contributed by atoms with Gasteiger partial charge in [-0.3, -0.25) is 9.63 Å². The minimum atomic E-state index is -0.516. The normalized spacial score (nSPS) is 19.4. The summed E-state index contributed by atoms with van der Waals surface area (Å²) in [7, 11) is 3.01. The van der Waals surface area contributed by atoms with Crippen LogP contribution in [0.5, 0.6) is 0 Å². The van der Waals surface area contributed by atoms with Crippen molar-refractivity contribution in [3.05, 3.63) is 0 Å². The van der Waals surface area contributed by atoms with Crippen molar-refractivity contribution in [3.63, 3.8) is 0 Å². The number of nitrogens with zero attached hydrogens (tertiary/aromatic N) is 2. The van der Waals surface area contributed by atoms with Crippen molar-refractivity contribution in [1.29, 1.82) is 0 Å². The van der Waals surface area contributed by atoms with Gasteiger partial charge in [-0.15, -0.1) is 0 Å². The van der Waals surface area contributed by atoms with Gasteiger partial charge in [-0.1, -0.05) is 0 Å². The average Bonchev–Trinajstić information content (AvgIpc) is 2.73. The Balaban J connectivity index is 2.59. The molecule has 1 saturated heterocycles. The average molecular weight is 272 g/mol. The molecule has 2 amide bonds. The fourth-order valence-electron chi connectivity index (χ4n) is 2.04. The zero-order chi connectivity index (χ0) is 14.6. The molecular weight excluding hydrogens is 248 g/mol. The second-order valence-corrected chi connectivity index (χ2v) is 5.75. The number of hydroxylamine groups is 2. The van der Waals surface area contributed by atoms with Crippen molar-refractivity contribution in [2.45, 2.75) is 51.7 Å². The molecule has 1 atom stereocenters.